The molecule has 1 N–H and O–H groups in total. The maximum Gasteiger partial charge on any atom is 0.157 e. The largest absolute Gasteiger partial charge is 0.390 e. The molecule has 0 aliphatic heterocycles. The summed E-state index contributed by atoms with van der Waals surface area (Å²) in [5.41, 5.74) is 4.93. The van der Waals surface area contributed by atoms with Crippen LogP contribution in [0.4, 0.5) is 0 Å². The molecular weight excluding hydrogens is 250 g/mol. The highest BCUT2D eigenvalue weighted by Gasteiger charge is 2.11. The van der Waals surface area contributed by atoms with Crippen LogP contribution in [0, 0.1) is 6.92 Å². The van der Waals surface area contributed by atoms with Crippen molar-refractivity contribution in [3.63, 3.8) is 0 Å². The number of rotatable bonds is 4. The first-order valence-corrected chi connectivity index (χ1v) is 6.76. The molecule has 20 heavy (non-hydrogen) atoms. The number of imidazole rings is 1. The lowest BCUT2D eigenvalue weighted by Gasteiger charge is -2.04. The van der Waals surface area contributed by atoms with E-state index in [2.05, 4.69) is 34.3 Å². The Morgan fingerprint density at radius 3 is 2.65 bits per heavy atom. The highest BCUT2D eigenvalue weighted by Crippen LogP contribution is 2.16. The maximum atomic E-state index is 9.31. The Bertz CT molecular complexity index is 719. The minimum absolute atomic E-state index is 0.0483. The first kappa shape index (κ1) is 12.8. The van der Waals surface area contributed by atoms with E-state index in [9.17, 15) is 5.11 Å². The number of fused-ring (bicyclic) bond motifs is 1. The third-order valence-electron chi connectivity index (χ3n) is 3.60. The maximum absolute atomic E-state index is 9.31. The lowest BCUT2D eigenvalue weighted by molar-refractivity contribution is 0.276. The van der Waals surface area contributed by atoms with E-state index < -0.39 is 0 Å². The van der Waals surface area contributed by atoms with Crippen molar-refractivity contribution in [3.05, 3.63) is 65.1 Å². The zero-order valence-corrected chi connectivity index (χ0v) is 11.5. The highest BCUT2D eigenvalue weighted by atomic mass is 16.3. The molecule has 0 saturated carbocycles. The van der Waals surface area contributed by atoms with Crippen LogP contribution in [0.5, 0.6) is 0 Å². The van der Waals surface area contributed by atoms with Gasteiger partial charge in [-0.15, -0.1) is 0 Å². The molecule has 0 spiro atoms. The van der Waals surface area contributed by atoms with Crippen molar-refractivity contribution in [3.8, 4) is 0 Å². The van der Waals surface area contributed by atoms with Crippen molar-refractivity contribution >= 4 is 5.65 Å². The van der Waals surface area contributed by atoms with Gasteiger partial charge in [-0.3, -0.25) is 0 Å². The number of benzene rings is 1. The van der Waals surface area contributed by atoms with Crippen molar-refractivity contribution in [2.75, 3.05) is 0 Å². The van der Waals surface area contributed by atoms with Crippen LogP contribution in [0.1, 0.15) is 22.5 Å². The number of hydrogen-bond acceptors (Lipinski definition) is 3. The predicted molar refractivity (Wildman–Crippen MR) is 77.5 cm³/mol. The molecule has 0 atom stereocenters. The predicted octanol–water partition coefficient (Wildman–Crippen LogP) is 2.32. The Hall–Kier alpha value is -2.20. The van der Waals surface area contributed by atoms with Crippen molar-refractivity contribution < 1.29 is 5.11 Å². The molecule has 4 nitrogen and oxygen atoms in total. The van der Waals surface area contributed by atoms with Crippen LogP contribution in [0.25, 0.3) is 5.65 Å². The normalized spacial score (nSPS) is 11.1. The van der Waals surface area contributed by atoms with Gasteiger partial charge in [0.1, 0.15) is 0 Å². The zero-order chi connectivity index (χ0) is 13.9. The average molecular weight is 267 g/mol. The Labute approximate surface area is 117 Å². The van der Waals surface area contributed by atoms with Crippen molar-refractivity contribution in [1.29, 1.82) is 0 Å². The van der Waals surface area contributed by atoms with Gasteiger partial charge in [-0.2, -0.15) is 5.10 Å². The molecular formula is C16H17N3O. The number of nitrogens with zero attached hydrogens (tertiary/aromatic N) is 3. The van der Waals surface area contributed by atoms with E-state index >= 15 is 0 Å². The van der Waals surface area contributed by atoms with Gasteiger partial charge in [0.2, 0.25) is 0 Å². The highest BCUT2D eigenvalue weighted by molar-refractivity contribution is 5.49. The monoisotopic (exact) mass is 267 g/mol. The second-order valence-electron chi connectivity index (χ2n) is 4.88. The third kappa shape index (κ3) is 2.30. The summed E-state index contributed by atoms with van der Waals surface area (Å²) in [6.45, 7) is 1.88. The number of aliphatic hydroxyl groups is 1. The summed E-state index contributed by atoms with van der Waals surface area (Å²) in [6, 6.07) is 12.4. The van der Waals surface area contributed by atoms with E-state index in [0.717, 1.165) is 29.7 Å². The van der Waals surface area contributed by atoms with Crippen molar-refractivity contribution in [1.82, 2.24) is 14.6 Å². The van der Waals surface area contributed by atoms with Gasteiger partial charge in [-0.05, 0) is 37.0 Å². The zero-order valence-electron chi connectivity index (χ0n) is 11.5. The van der Waals surface area contributed by atoms with Gasteiger partial charge in [0.05, 0.1) is 18.0 Å². The average Bonchev–Trinajstić information content (AvgIpc) is 2.83. The first-order valence-electron chi connectivity index (χ1n) is 6.76. The summed E-state index contributed by atoms with van der Waals surface area (Å²) >= 11 is 0. The van der Waals surface area contributed by atoms with Gasteiger partial charge < -0.3 is 5.11 Å². The van der Waals surface area contributed by atoms with Gasteiger partial charge in [0.25, 0.3) is 0 Å². The van der Waals surface area contributed by atoms with E-state index in [1.54, 1.807) is 6.20 Å². The molecule has 102 valence electrons. The Balaban J connectivity index is 1.92. The summed E-state index contributed by atoms with van der Waals surface area (Å²) in [5.74, 6) is 0. The summed E-state index contributed by atoms with van der Waals surface area (Å²) in [5, 5.41) is 13.6. The molecule has 0 fully saturated rings. The van der Waals surface area contributed by atoms with Gasteiger partial charge in [0.15, 0.2) is 5.65 Å². The molecule has 1 aromatic carbocycles. The molecule has 0 aliphatic rings. The van der Waals surface area contributed by atoms with Crippen molar-refractivity contribution in [2.24, 2.45) is 0 Å². The van der Waals surface area contributed by atoms with Gasteiger partial charge in [-0.1, -0.05) is 30.3 Å². The minimum Gasteiger partial charge on any atom is -0.390 e. The summed E-state index contributed by atoms with van der Waals surface area (Å²) in [7, 11) is 0. The van der Waals surface area contributed by atoms with E-state index in [1.807, 2.05) is 23.6 Å². The Morgan fingerprint density at radius 2 is 1.90 bits per heavy atom. The minimum atomic E-state index is -0.0483. The fraction of sp³-hybridized carbons (Fsp3) is 0.250. The first-order chi connectivity index (χ1) is 9.79. The topological polar surface area (TPSA) is 50.4 Å². The SMILES string of the molecule is Cc1c(CO)nc2c(CCc3ccccc3)ccnn12. The lowest BCUT2D eigenvalue weighted by Crippen LogP contribution is -1.99. The molecule has 4 heteroatoms. The van der Waals surface area contributed by atoms with E-state index in [0.29, 0.717) is 5.69 Å². The second kappa shape index (κ2) is 5.43. The van der Waals surface area contributed by atoms with Crippen LogP contribution < -0.4 is 0 Å². The molecule has 0 radical (unpaired) electrons. The van der Waals surface area contributed by atoms with Crippen LogP contribution in [0.2, 0.25) is 0 Å². The number of hydrogen-bond donors (Lipinski definition) is 1. The van der Waals surface area contributed by atoms with Crippen LogP contribution in [-0.4, -0.2) is 19.7 Å². The smallest absolute Gasteiger partial charge is 0.157 e. The molecule has 3 rings (SSSR count). The van der Waals surface area contributed by atoms with Crippen LogP contribution >= 0.6 is 0 Å². The molecule has 0 bridgehead atoms. The van der Waals surface area contributed by atoms with E-state index in [-0.39, 0.29) is 6.61 Å². The van der Waals surface area contributed by atoms with Crippen LogP contribution in [-0.2, 0) is 19.4 Å². The van der Waals surface area contributed by atoms with Gasteiger partial charge >= 0.3 is 0 Å². The third-order valence-corrected chi connectivity index (χ3v) is 3.60. The molecule has 3 aromatic rings. The molecule has 0 unspecified atom stereocenters. The lowest BCUT2D eigenvalue weighted by atomic mass is 10.1. The summed E-state index contributed by atoms with van der Waals surface area (Å²) < 4.78 is 1.81. The molecule has 2 heterocycles. The van der Waals surface area contributed by atoms with Crippen LogP contribution in [0.3, 0.4) is 0 Å². The molecule has 0 saturated heterocycles. The number of aryl methyl sites for hydroxylation is 3. The number of aliphatic hydroxyl groups excluding tert-OH is 1. The standard InChI is InChI=1S/C16H17N3O/c1-12-15(11-20)18-16-14(9-10-17-19(12)16)8-7-13-5-3-2-4-6-13/h2-6,9-10,20H,7-8,11H2,1H3. The Kier molecular flexibility index (Phi) is 3.48. The van der Waals surface area contributed by atoms with Crippen LogP contribution in [0.15, 0.2) is 42.6 Å². The molecule has 0 aliphatic carbocycles. The quantitative estimate of drug-likeness (QED) is 0.789. The fourth-order valence-corrected chi connectivity index (χ4v) is 2.42. The fourth-order valence-electron chi connectivity index (χ4n) is 2.42. The van der Waals surface area contributed by atoms with Gasteiger partial charge in [0, 0.05) is 6.20 Å². The summed E-state index contributed by atoms with van der Waals surface area (Å²) in [6.07, 6.45) is 3.68. The molecule has 0 amide bonds. The Morgan fingerprint density at radius 1 is 1.10 bits per heavy atom. The van der Waals surface area contributed by atoms with Crippen molar-refractivity contribution in [2.45, 2.75) is 26.4 Å². The number of aromatic nitrogens is 3. The van der Waals surface area contributed by atoms with E-state index in [1.165, 1.54) is 5.56 Å². The van der Waals surface area contributed by atoms with E-state index in [4.69, 9.17) is 0 Å². The second-order valence-corrected chi connectivity index (χ2v) is 4.88. The molecule has 2 aromatic heterocycles. The summed E-state index contributed by atoms with van der Waals surface area (Å²) in [4.78, 5) is 4.49. The van der Waals surface area contributed by atoms with Gasteiger partial charge in [-0.25, -0.2) is 9.50 Å².